The minimum atomic E-state index is -0.653. The van der Waals surface area contributed by atoms with Gasteiger partial charge < -0.3 is 10.2 Å². The van der Waals surface area contributed by atoms with Crippen molar-refractivity contribution in [2.45, 2.75) is 65.0 Å². The lowest BCUT2D eigenvalue weighted by Gasteiger charge is -2.44. The van der Waals surface area contributed by atoms with E-state index in [4.69, 9.17) is 0 Å². The second-order valence-corrected chi connectivity index (χ2v) is 6.57. The van der Waals surface area contributed by atoms with Gasteiger partial charge in [-0.15, -0.1) is 0 Å². The molecule has 0 aromatic heterocycles. The lowest BCUT2D eigenvalue weighted by molar-refractivity contribution is -0.155. The van der Waals surface area contributed by atoms with E-state index in [9.17, 15) is 9.59 Å². The fourth-order valence-corrected chi connectivity index (χ4v) is 2.97. The minimum absolute atomic E-state index is 0.0280. The first kappa shape index (κ1) is 14.4. The van der Waals surface area contributed by atoms with Crippen molar-refractivity contribution >= 4 is 11.8 Å². The zero-order chi connectivity index (χ0) is 14.2. The topological polar surface area (TPSA) is 49.4 Å². The Hall–Kier alpha value is -1.06. The summed E-state index contributed by atoms with van der Waals surface area (Å²) in [6.45, 7) is 8.87. The van der Waals surface area contributed by atoms with Gasteiger partial charge in [0.15, 0.2) is 0 Å². The predicted molar refractivity (Wildman–Crippen MR) is 74.5 cm³/mol. The summed E-state index contributed by atoms with van der Waals surface area (Å²) in [5, 5.41) is 2.99. The zero-order valence-corrected chi connectivity index (χ0v) is 12.5. The second kappa shape index (κ2) is 5.14. The van der Waals surface area contributed by atoms with Gasteiger partial charge in [0.05, 0.1) is 0 Å². The molecule has 1 N–H and O–H groups in total. The van der Waals surface area contributed by atoms with Crippen molar-refractivity contribution in [3.05, 3.63) is 0 Å². The molecule has 0 aromatic carbocycles. The molecule has 0 radical (unpaired) electrons. The van der Waals surface area contributed by atoms with Gasteiger partial charge in [0.1, 0.15) is 11.6 Å². The van der Waals surface area contributed by atoms with Gasteiger partial charge in [-0.25, -0.2) is 0 Å². The summed E-state index contributed by atoms with van der Waals surface area (Å²) < 4.78 is 0. The quantitative estimate of drug-likeness (QED) is 0.826. The Kier molecular flexibility index (Phi) is 3.88. The van der Waals surface area contributed by atoms with Gasteiger partial charge in [-0.05, 0) is 44.4 Å². The maximum atomic E-state index is 12.8. The molecule has 2 atom stereocenters. The molecule has 0 bridgehead atoms. The van der Waals surface area contributed by atoms with Gasteiger partial charge in [0.2, 0.25) is 11.8 Å². The van der Waals surface area contributed by atoms with Crippen LogP contribution in [0.2, 0.25) is 0 Å². The Bertz CT molecular complexity index is 376. The molecule has 0 aromatic rings. The Labute approximate surface area is 115 Å². The molecule has 2 aliphatic rings. The van der Waals surface area contributed by atoms with Crippen molar-refractivity contribution in [3.63, 3.8) is 0 Å². The first-order valence-electron chi connectivity index (χ1n) is 7.53. The molecule has 4 heteroatoms. The zero-order valence-electron chi connectivity index (χ0n) is 12.5. The molecule has 1 saturated carbocycles. The highest BCUT2D eigenvalue weighted by atomic mass is 16.2. The molecule has 19 heavy (non-hydrogen) atoms. The van der Waals surface area contributed by atoms with Crippen molar-refractivity contribution in [2.75, 3.05) is 6.54 Å². The van der Waals surface area contributed by atoms with E-state index in [1.54, 1.807) is 0 Å². The standard InChI is InChI=1S/C15H26N2O2/c1-5-12-13(18)16-15(4,11-6-7-11)14(19)17(12)9-8-10(2)3/h10-12H,5-9H2,1-4H3,(H,16,18). The third-order valence-corrected chi connectivity index (χ3v) is 4.49. The Morgan fingerprint density at radius 1 is 1.37 bits per heavy atom. The molecule has 2 amide bonds. The number of nitrogens with one attached hydrogen (secondary N) is 1. The Morgan fingerprint density at radius 3 is 2.47 bits per heavy atom. The second-order valence-electron chi connectivity index (χ2n) is 6.57. The minimum Gasteiger partial charge on any atom is -0.340 e. The summed E-state index contributed by atoms with van der Waals surface area (Å²) in [6.07, 6.45) is 3.75. The van der Waals surface area contributed by atoms with E-state index in [0.717, 1.165) is 19.3 Å². The van der Waals surface area contributed by atoms with Crippen LogP contribution in [0.25, 0.3) is 0 Å². The van der Waals surface area contributed by atoms with Gasteiger partial charge in [0.25, 0.3) is 0 Å². The fraction of sp³-hybridized carbons (Fsp3) is 0.867. The number of amides is 2. The van der Waals surface area contributed by atoms with E-state index < -0.39 is 5.54 Å². The van der Waals surface area contributed by atoms with Crippen LogP contribution < -0.4 is 5.32 Å². The highest BCUT2D eigenvalue weighted by Crippen LogP contribution is 2.42. The molecule has 4 nitrogen and oxygen atoms in total. The summed E-state index contributed by atoms with van der Waals surface area (Å²) in [7, 11) is 0. The molecule has 1 aliphatic heterocycles. The van der Waals surface area contributed by atoms with Gasteiger partial charge in [-0.1, -0.05) is 20.8 Å². The first-order valence-corrected chi connectivity index (χ1v) is 7.53. The largest absolute Gasteiger partial charge is 0.340 e. The van der Waals surface area contributed by atoms with Crippen molar-refractivity contribution < 1.29 is 9.59 Å². The van der Waals surface area contributed by atoms with Crippen molar-refractivity contribution in [1.82, 2.24) is 10.2 Å². The van der Waals surface area contributed by atoms with Crippen LogP contribution in [0, 0.1) is 11.8 Å². The van der Waals surface area contributed by atoms with Crippen LogP contribution in [0.15, 0.2) is 0 Å². The molecule has 0 spiro atoms. The normalized spacial score (nSPS) is 31.8. The molecule has 108 valence electrons. The van der Waals surface area contributed by atoms with Crippen molar-refractivity contribution in [3.8, 4) is 0 Å². The van der Waals surface area contributed by atoms with Gasteiger partial charge in [-0.2, -0.15) is 0 Å². The van der Waals surface area contributed by atoms with Crippen LogP contribution in [-0.4, -0.2) is 34.8 Å². The van der Waals surface area contributed by atoms with Gasteiger partial charge >= 0.3 is 0 Å². The van der Waals surface area contributed by atoms with E-state index in [0.29, 0.717) is 24.8 Å². The van der Waals surface area contributed by atoms with E-state index in [2.05, 4.69) is 19.2 Å². The summed E-state index contributed by atoms with van der Waals surface area (Å²) in [4.78, 5) is 26.9. The Balaban J connectivity index is 2.18. The molecular weight excluding hydrogens is 240 g/mol. The average molecular weight is 266 g/mol. The molecule has 2 unspecified atom stereocenters. The highest BCUT2D eigenvalue weighted by Gasteiger charge is 2.54. The van der Waals surface area contributed by atoms with Crippen molar-refractivity contribution in [1.29, 1.82) is 0 Å². The lowest BCUT2D eigenvalue weighted by Crippen LogP contribution is -2.70. The predicted octanol–water partition coefficient (Wildman–Crippen LogP) is 1.94. The number of piperazine rings is 1. The Morgan fingerprint density at radius 2 is 2.00 bits per heavy atom. The van der Waals surface area contributed by atoms with E-state index in [1.165, 1.54) is 0 Å². The number of nitrogens with zero attached hydrogens (tertiary/aromatic N) is 1. The third kappa shape index (κ3) is 2.63. The summed E-state index contributed by atoms with van der Waals surface area (Å²) >= 11 is 0. The number of carbonyl (C=O) groups is 2. The molecule has 1 heterocycles. The summed E-state index contributed by atoms with van der Waals surface area (Å²) in [6, 6.07) is -0.280. The first-order chi connectivity index (χ1) is 8.90. The maximum Gasteiger partial charge on any atom is 0.249 e. The summed E-state index contributed by atoms with van der Waals surface area (Å²) in [5.74, 6) is 1.04. The number of rotatable bonds is 5. The monoisotopic (exact) mass is 266 g/mol. The third-order valence-electron chi connectivity index (χ3n) is 4.49. The van der Waals surface area contributed by atoms with Crippen LogP contribution in [0.3, 0.4) is 0 Å². The van der Waals surface area contributed by atoms with Crippen molar-refractivity contribution in [2.24, 2.45) is 11.8 Å². The van der Waals surface area contributed by atoms with E-state index >= 15 is 0 Å². The van der Waals surface area contributed by atoms with Gasteiger partial charge in [0, 0.05) is 6.54 Å². The average Bonchev–Trinajstić information content (AvgIpc) is 3.15. The molecule has 2 rings (SSSR count). The number of hydrogen-bond acceptors (Lipinski definition) is 2. The lowest BCUT2D eigenvalue weighted by atomic mass is 9.88. The SMILES string of the molecule is CCC1C(=O)NC(C)(C2CC2)C(=O)N1CCC(C)C. The highest BCUT2D eigenvalue weighted by molar-refractivity contribution is 6.00. The van der Waals surface area contributed by atoms with Crippen LogP contribution >= 0.6 is 0 Å². The molecule has 1 saturated heterocycles. The number of carbonyl (C=O) groups excluding carboxylic acids is 2. The molecule has 2 fully saturated rings. The number of hydrogen-bond donors (Lipinski definition) is 1. The smallest absolute Gasteiger partial charge is 0.249 e. The fourth-order valence-electron chi connectivity index (χ4n) is 2.97. The molecule has 1 aliphatic carbocycles. The van der Waals surface area contributed by atoms with E-state index in [1.807, 2.05) is 18.7 Å². The van der Waals surface area contributed by atoms with Crippen LogP contribution in [0.4, 0.5) is 0 Å². The van der Waals surface area contributed by atoms with Crippen LogP contribution in [-0.2, 0) is 9.59 Å². The summed E-state index contributed by atoms with van der Waals surface area (Å²) in [5.41, 5.74) is -0.653. The van der Waals surface area contributed by atoms with Crippen LogP contribution in [0.1, 0.15) is 53.4 Å². The maximum absolute atomic E-state index is 12.8. The van der Waals surface area contributed by atoms with Gasteiger partial charge in [-0.3, -0.25) is 9.59 Å². The van der Waals surface area contributed by atoms with E-state index in [-0.39, 0.29) is 17.9 Å². The molecular formula is C15H26N2O2. The van der Waals surface area contributed by atoms with Crippen LogP contribution in [0.5, 0.6) is 0 Å².